The molecule has 0 aromatic heterocycles. The van der Waals surface area contributed by atoms with Crippen molar-refractivity contribution >= 4 is 0 Å². The second-order valence-electron chi connectivity index (χ2n) is 7.47. The van der Waals surface area contributed by atoms with Crippen LogP contribution in [0, 0.1) is 5.92 Å². The number of unbranched alkanes of at least 4 members (excludes halogenated alkanes) is 3. The topological polar surface area (TPSA) is 18.5 Å². The van der Waals surface area contributed by atoms with Crippen molar-refractivity contribution in [1.82, 2.24) is 0 Å². The second kappa shape index (κ2) is 9.78. The summed E-state index contributed by atoms with van der Waals surface area (Å²) < 4.78 is 11.4. The van der Waals surface area contributed by atoms with Gasteiger partial charge in [-0.3, -0.25) is 0 Å². The summed E-state index contributed by atoms with van der Waals surface area (Å²) in [6, 6.07) is 17.1. The molecule has 0 amide bonds. The summed E-state index contributed by atoms with van der Waals surface area (Å²) in [5.74, 6) is 1.66. The van der Waals surface area contributed by atoms with Gasteiger partial charge in [0.05, 0.1) is 19.8 Å². The molecule has 2 nitrogen and oxygen atoms in total. The van der Waals surface area contributed by atoms with Gasteiger partial charge in [-0.2, -0.15) is 0 Å². The summed E-state index contributed by atoms with van der Waals surface area (Å²) in [4.78, 5) is 0. The molecule has 1 fully saturated rings. The Morgan fingerprint density at radius 2 is 1.58 bits per heavy atom. The van der Waals surface area contributed by atoms with Crippen LogP contribution in [0.3, 0.4) is 0 Å². The van der Waals surface area contributed by atoms with Crippen LogP contribution in [0.2, 0.25) is 0 Å². The maximum atomic E-state index is 6.19. The van der Waals surface area contributed by atoms with E-state index in [1.807, 2.05) is 12.1 Å². The van der Waals surface area contributed by atoms with Crippen molar-refractivity contribution in [1.29, 1.82) is 0 Å². The standard InChI is InChI=1S/C24H32O2/c1-3-4-5-6-7-19-8-17-24(26-18-19)22-11-9-20(10-12-22)21-13-15-23(25-2)16-14-21/h9-16,19,24H,3-8,17-18H2,1-2H3. The molecular weight excluding hydrogens is 320 g/mol. The molecule has 3 rings (SSSR count). The molecular formula is C24H32O2. The van der Waals surface area contributed by atoms with E-state index in [1.165, 1.54) is 55.2 Å². The Labute approximate surface area is 158 Å². The van der Waals surface area contributed by atoms with Gasteiger partial charge in [-0.25, -0.2) is 0 Å². The molecule has 0 saturated carbocycles. The number of methoxy groups -OCH3 is 1. The quantitative estimate of drug-likeness (QED) is 0.486. The van der Waals surface area contributed by atoms with Gasteiger partial charge in [0.2, 0.25) is 0 Å². The highest BCUT2D eigenvalue weighted by Crippen LogP contribution is 2.33. The average Bonchev–Trinajstić information content (AvgIpc) is 2.72. The Balaban J connectivity index is 1.51. The predicted octanol–water partition coefficient (Wildman–Crippen LogP) is 6.80. The van der Waals surface area contributed by atoms with E-state index in [1.54, 1.807) is 7.11 Å². The van der Waals surface area contributed by atoms with E-state index in [0.717, 1.165) is 24.7 Å². The van der Waals surface area contributed by atoms with Gasteiger partial charge >= 0.3 is 0 Å². The van der Waals surface area contributed by atoms with Crippen LogP contribution in [0.25, 0.3) is 11.1 Å². The van der Waals surface area contributed by atoms with Crippen molar-refractivity contribution in [3.05, 3.63) is 54.1 Å². The minimum Gasteiger partial charge on any atom is -0.497 e. The molecule has 0 spiro atoms. The van der Waals surface area contributed by atoms with Crippen LogP contribution in [0.15, 0.2) is 48.5 Å². The van der Waals surface area contributed by atoms with Crippen molar-refractivity contribution in [3.63, 3.8) is 0 Å². The zero-order valence-electron chi connectivity index (χ0n) is 16.2. The van der Waals surface area contributed by atoms with E-state index >= 15 is 0 Å². The molecule has 1 aliphatic heterocycles. The van der Waals surface area contributed by atoms with Gasteiger partial charge in [-0.05, 0) is 54.0 Å². The zero-order valence-corrected chi connectivity index (χ0v) is 16.2. The molecule has 0 N–H and O–H groups in total. The first-order valence-electron chi connectivity index (χ1n) is 10.2. The summed E-state index contributed by atoms with van der Waals surface area (Å²) in [6.07, 6.45) is 9.49. The Kier molecular flexibility index (Phi) is 7.13. The molecule has 2 atom stereocenters. The molecule has 1 heterocycles. The van der Waals surface area contributed by atoms with Crippen molar-refractivity contribution < 1.29 is 9.47 Å². The molecule has 2 heteroatoms. The van der Waals surface area contributed by atoms with E-state index in [4.69, 9.17) is 9.47 Å². The van der Waals surface area contributed by atoms with Crippen LogP contribution >= 0.6 is 0 Å². The van der Waals surface area contributed by atoms with E-state index in [-0.39, 0.29) is 6.10 Å². The fourth-order valence-electron chi connectivity index (χ4n) is 3.83. The van der Waals surface area contributed by atoms with E-state index in [9.17, 15) is 0 Å². The number of hydrogen-bond acceptors (Lipinski definition) is 2. The second-order valence-corrected chi connectivity index (χ2v) is 7.47. The number of hydrogen-bond donors (Lipinski definition) is 0. The summed E-state index contributed by atoms with van der Waals surface area (Å²) in [6.45, 7) is 3.20. The molecule has 0 radical (unpaired) electrons. The molecule has 1 saturated heterocycles. The normalized spacial score (nSPS) is 20.1. The predicted molar refractivity (Wildman–Crippen MR) is 109 cm³/mol. The largest absolute Gasteiger partial charge is 0.497 e. The lowest BCUT2D eigenvalue weighted by atomic mass is 9.90. The van der Waals surface area contributed by atoms with Gasteiger partial charge in [0.15, 0.2) is 0 Å². The Hall–Kier alpha value is -1.80. The third-order valence-corrected chi connectivity index (χ3v) is 5.54. The van der Waals surface area contributed by atoms with Crippen LogP contribution in [-0.4, -0.2) is 13.7 Å². The number of rotatable bonds is 8. The molecule has 26 heavy (non-hydrogen) atoms. The van der Waals surface area contributed by atoms with Crippen LogP contribution in [0.4, 0.5) is 0 Å². The lowest BCUT2D eigenvalue weighted by Crippen LogP contribution is -2.20. The molecule has 1 aliphatic rings. The highest BCUT2D eigenvalue weighted by molar-refractivity contribution is 5.64. The van der Waals surface area contributed by atoms with Gasteiger partial charge in [-0.1, -0.05) is 69.0 Å². The van der Waals surface area contributed by atoms with E-state index in [2.05, 4.69) is 43.3 Å². The lowest BCUT2D eigenvalue weighted by molar-refractivity contribution is -0.0198. The van der Waals surface area contributed by atoms with Crippen molar-refractivity contribution in [3.8, 4) is 16.9 Å². The molecule has 140 valence electrons. The van der Waals surface area contributed by atoms with Crippen molar-refractivity contribution in [2.75, 3.05) is 13.7 Å². The Bertz CT molecular complexity index is 637. The first kappa shape index (κ1) is 19.0. The minimum absolute atomic E-state index is 0.270. The van der Waals surface area contributed by atoms with E-state index < -0.39 is 0 Å². The summed E-state index contributed by atoms with van der Waals surface area (Å²) in [7, 11) is 1.70. The first-order valence-corrected chi connectivity index (χ1v) is 10.2. The SMILES string of the molecule is CCCCCCC1CCC(c2ccc(-c3ccc(OC)cc3)cc2)OC1. The molecule has 2 unspecified atom stereocenters. The zero-order chi connectivity index (χ0) is 18.2. The van der Waals surface area contributed by atoms with Crippen molar-refractivity contribution in [2.24, 2.45) is 5.92 Å². The van der Waals surface area contributed by atoms with Crippen LogP contribution in [-0.2, 0) is 4.74 Å². The minimum atomic E-state index is 0.270. The average molecular weight is 353 g/mol. The number of ether oxygens (including phenoxy) is 2. The maximum Gasteiger partial charge on any atom is 0.118 e. The number of benzene rings is 2. The fourth-order valence-corrected chi connectivity index (χ4v) is 3.83. The molecule has 2 aromatic carbocycles. The summed E-state index contributed by atoms with van der Waals surface area (Å²) in [5.41, 5.74) is 3.77. The van der Waals surface area contributed by atoms with Crippen LogP contribution < -0.4 is 4.74 Å². The highest BCUT2D eigenvalue weighted by Gasteiger charge is 2.22. The summed E-state index contributed by atoms with van der Waals surface area (Å²) in [5, 5.41) is 0. The highest BCUT2D eigenvalue weighted by atomic mass is 16.5. The molecule has 0 bridgehead atoms. The third kappa shape index (κ3) is 5.11. The maximum absolute atomic E-state index is 6.19. The third-order valence-electron chi connectivity index (χ3n) is 5.54. The lowest BCUT2D eigenvalue weighted by Gasteiger charge is -2.29. The Morgan fingerprint density at radius 3 is 2.15 bits per heavy atom. The Morgan fingerprint density at radius 1 is 0.885 bits per heavy atom. The van der Waals surface area contributed by atoms with Gasteiger partial charge in [-0.15, -0.1) is 0 Å². The fraction of sp³-hybridized carbons (Fsp3) is 0.500. The van der Waals surface area contributed by atoms with Gasteiger partial charge < -0.3 is 9.47 Å². The monoisotopic (exact) mass is 352 g/mol. The molecule has 0 aliphatic carbocycles. The van der Waals surface area contributed by atoms with Crippen LogP contribution in [0.5, 0.6) is 5.75 Å². The molecule has 2 aromatic rings. The van der Waals surface area contributed by atoms with Gasteiger partial charge in [0.25, 0.3) is 0 Å². The van der Waals surface area contributed by atoms with Gasteiger partial charge in [0, 0.05) is 0 Å². The van der Waals surface area contributed by atoms with Crippen LogP contribution in [0.1, 0.15) is 63.5 Å². The van der Waals surface area contributed by atoms with Crippen molar-refractivity contribution in [2.45, 2.75) is 58.0 Å². The smallest absolute Gasteiger partial charge is 0.118 e. The van der Waals surface area contributed by atoms with Gasteiger partial charge in [0.1, 0.15) is 5.75 Å². The first-order chi connectivity index (χ1) is 12.8. The van der Waals surface area contributed by atoms with E-state index in [0.29, 0.717) is 0 Å². The summed E-state index contributed by atoms with van der Waals surface area (Å²) >= 11 is 0.